The van der Waals surface area contributed by atoms with E-state index in [4.69, 9.17) is 5.26 Å². The van der Waals surface area contributed by atoms with Crippen LogP contribution in [0.5, 0.6) is 0 Å². The minimum atomic E-state index is -0.370. The van der Waals surface area contributed by atoms with Gasteiger partial charge in [0.25, 0.3) is 5.91 Å². The Balaban J connectivity index is 2.10. The topological polar surface area (TPSA) is 82.9 Å². The molecule has 1 aromatic heterocycles. The van der Waals surface area contributed by atoms with Gasteiger partial charge in [-0.1, -0.05) is 0 Å². The highest BCUT2D eigenvalue weighted by atomic mass is 16.2. The van der Waals surface area contributed by atoms with Gasteiger partial charge in [-0.05, 0) is 43.3 Å². The molecule has 2 aromatic rings. The highest BCUT2D eigenvalue weighted by molar-refractivity contribution is 6.03. The van der Waals surface area contributed by atoms with Gasteiger partial charge in [0, 0.05) is 17.4 Å². The summed E-state index contributed by atoms with van der Waals surface area (Å²) >= 11 is 0. The van der Waals surface area contributed by atoms with Crippen LogP contribution in [0.15, 0.2) is 42.6 Å². The molecule has 0 atom stereocenters. The zero-order valence-corrected chi connectivity index (χ0v) is 10.8. The number of carbonyl (C=O) groups excluding carboxylic acids is 2. The monoisotopic (exact) mass is 265 g/mol. The van der Waals surface area contributed by atoms with Crippen LogP contribution < -0.4 is 5.32 Å². The lowest BCUT2D eigenvalue weighted by atomic mass is 10.1. The van der Waals surface area contributed by atoms with E-state index in [-0.39, 0.29) is 17.4 Å². The van der Waals surface area contributed by atoms with Gasteiger partial charge in [0.05, 0.1) is 5.56 Å². The fraction of sp³-hybridized carbons (Fsp3) is 0.0667. The standard InChI is InChI=1S/C15H11N3O2/c1-10(19)12-3-5-13(6-4-12)18-15(20)14-7-2-11(8-16)9-17-14/h2-7,9H,1H3,(H,18,20). The Kier molecular flexibility index (Phi) is 3.87. The van der Waals surface area contributed by atoms with Crippen LogP contribution in [0, 0.1) is 11.3 Å². The number of Topliss-reactive ketones (excluding diaryl/α,β-unsaturated/α-hetero) is 1. The molecule has 0 bridgehead atoms. The highest BCUT2D eigenvalue weighted by Crippen LogP contribution is 2.11. The molecule has 0 aliphatic rings. The van der Waals surface area contributed by atoms with Gasteiger partial charge < -0.3 is 5.32 Å². The Morgan fingerprint density at radius 1 is 1.15 bits per heavy atom. The molecule has 1 amide bonds. The number of carbonyl (C=O) groups is 2. The number of nitrogens with one attached hydrogen (secondary N) is 1. The van der Waals surface area contributed by atoms with Gasteiger partial charge in [-0.2, -0.15) is 5.26 Å². The van der Waals surface area contributed by atoms with Crippen molar-refractivity contribution >= 4 is 17.4 Å². The molecule has 0 unspecified atom stereocenters. The molecule has 0 saturated heterocycles. The fourth-order valence-electron chi connectivity index (χ4n) is 1.58. The molecule has 2 rings (SSSR count). The maximum Gasteiger partial charge on any atom is 0.274 e. The van der Waals surface area contributed by atoms with Crippen molar-refractivity contribution in [2.24, 2.45) is 0 Å². The normalized spacial score (nSPS) is 9.60. The van der Waals surface area contributed by atoms with Crippen molar-refractivity contribution in [1.29, 1.82) is 5.26 Å². The van der Waals surface area contributed by atoms with Crippen LogP contribution in [0.1, 0.15) is 33.3 Å². The first kappa shape index (κ1) is 13.4. The lowest BCUT2D eigenvalue weighted by Crippen LogP contribution is -2.13. The second kappa shape index (κ2) is 5.76. The van der Waals surface area contributed by atoms with Gasteiger partial charge in [0.1, 0.15) is 11.8 Å². The summed E-state index contributed by atoms with van der Waals surface area (Å²) in [6, 6.07) is 11.5. The molecule has 1 heterocycles. The maximum atomic E-state index is 11.9. The number of anilines is 1. The number of rotatable bonds is 3. The van der Waals surface area contributed by atoms with E-state index in [9.17, 15) is 9.59 Å². The fourth-order valence-corrected chi connectivity index (χ4v) is 1.58. The Bertz CT molecular complexity index is 683. The van der Waals surface area contributed by atoms with Crippen molar-refractivity contribution in [3.63, 3.8) is 0 Å². The second-order valence-corrected chi connectivity index (χ2v) is 4.13. The lowest BCUT2D eigenvalue weighted by Gasteiger charge is -2.05. The molecule has 1 aromatic carbocycles. The predicted octanol–water partition coefficient (Wildman–Crippen LogP) is 2.41. The molecule has 1 N–H and O–H groups in total. The number of hydrogen-bond donors (Lipinski definition) is 1. The number of aromatic nitrogens is 1. The van der Waals surface area contributed by atoms with E-state index in [1.165, 1.54) is 25.3 Å². The molecule has 98 valence electrons. The van der Waals surface area contributed by atoms with E-state index in [1.807, 2.05) is 6.07 Å². The Morgan fingerprint density at radius 2 is 1.85 bits per heavy atom. The first-order chi connectivity index (χ1) is 9.60. The van der Waals surface area contributed by atoms with Crippen LogP contribution in [0.4, 0.5) is 5.69 Å². The van der Waals surface area contributed by atoms with Crippen molar-refractivity contribution in [2.75, 3.05) is 5.32 Å². The molecule has 20 heavy (non-hydrogen) atoms. The average molecular weight is 265 g/mol. The molecular formula is C15H11N3O2. The highest BCUT2D eigenvalue weighted by Gasteiger charge is 2.08. The number of benzene rings is 1. The van der Waals surface area contributed by atoms with Crippen LogP contribution in [-0.4, -0.2) is 16.7 Å². The molecular weight excluding hydrogens is 254 g/mol. The maximum absolute atomic E-state index is 11.9. The third-order valence-corrected chi connectivity index (χ3v) is 2.67. The van der Waals surface area contributed by atoms with Crippen LogP contribution in [0.2, 0.25) is 0 Å². The summed E-state index contributed by atoms with van der Waals surface area (Å²) in [5.74, 6) is -0.401. The average Bonchev–Trinajstić information content (AvgIpc) is 2.48. The van der Waals surface area contributed by atoms with Crippen LogP contribution in [0.25, 0.3) is 0 Å². The van der Waals surface area contributed by atoms with Gasteiger partial charge in [0.2, 0.25) is 0 Å². The molecule has 0 saturated carbocycles. The van der Waals surface area contributed by atoms with E-state index < -0.39 is 0 Å². The molecule has 0 aliphatic carbocycles. The summed E-state index contributed by atoms with van der Waals surface area (Å²) in [5, 5.41) is 11.3. The molecule has 0 spiro atoms. The molecule has 5 nitrogen and oxygen atoms in total. The first-order valence-electron chi connectivity index (χ1n) is 5.88. The summed E-state index contributed by atoms with van der Waals surface area (Å²) in [4.78, 5) is 26.9. The lowest BCUT2D eigenvalue weighted by molar-refractivity contribution is 0.101. The Morgan fingerprint density at radius 3 is 2.35 bits per heavy atom. The van der Waals surface area contributed by atoms with Crippen molar-refractivity contribution in [3.8, 4) is 6.07 Å². The minimum absolute atomic E-state index is 0.0309. The van der Waals surface area contributed by atoms with E-state index in [0.29, 0.717) is 16.8 Å². The summed E-state index contributed by atoms with van der Waals surface area (Å²) in [5.41, 5.74) is 1.78. The summed E-state index contributed by atoms with van der Waals surface area (Å²) in [7, 11) is 0. The van der Waals surface area contributed by atoms with Gasteiger partial charge in [-0.3, -0.25) is 9.59 Å². The van der Waals surface area contributed by atoms with E-state index in [2.05, 4.69) is 10.3 Å². The minimum Gasteiger partial charge on any atom is -0.321 e. The Labute approximate surface area is 115 Å². The van der Waals surface area contributed by atoms with Crippen LogP contribution >= 0.6 is 0 Å². The summed E-state index contributed by atoms with van der Waals surface area (Å²) in [6.07, 6.45) is 1.34. The smallest absolute Gasteiger partial charge is 0.274 e. The van der Waals surface area contributed by atoms with Crippen molar-refractivity contribution in [3.05, 3.63) is 59.4 Å². The van der Waals surface area contributed by atoms with E-state index in [1.54, 1.807) is 24.3 Å². The van der Waals surface area contributed by atoms with Crippen molar-refractivity contribution in [1.82, 2.24) is 4.98 Å². The third-order valence-electron chi connectivity index (χ3n) is 2.67. The van der Waals surface area contributed by atoms with Crippen LogP contribution in [-0.2, 0) is 0 Å². The Hall–Kier alpha value is -3.00. The number of nitrogens with zero attached hydrogens (tertiary/aromatic N) is 2. The molecule has 0 aliphatic heterocycles. The summed E-state index contributed by atoms with van der Waals surface area (Å²) in [6.45, 7) is 1.48. The number of ketones is 1. The largest absolute Gasteiger partial charge is 0.321 e. The zero-order valence-electron chi connectivity index (χ0n) is 10.8. The first-order valence-corrected chi connectivity index (χ1v) is 5.88. The van der Waals surface area contributed by atoms with Gasteiger partial charge in [-0.25, -0.2) is 4.98 Å². The van der Waals surface area contributed by atoms with Crippen molar-refractivity contribution in [2.45, 2.75) is 6.92 Å². The summed E-state index contributed by atoms with van der Waals surface area (Å²) < 4.78 is 0. The van der Waals surface area contributed by atoms with Crippen molar-refractivity contribution < 1.29 is 9.59 Å². The second-order valence-electron chi connectivity index (χ2n) is 4.13. The van der Waals surface area contributed by atoms with Gasteiger partial charge in [0.15, 0.2) is 5.78 Å². The number of nitriles is 1. The van der Waals surface area contributed by atoms with Crippen LogP contribution in [0.3, 0.4) is 0 Å². The molecule has 0 radical (unpaired) electrons. The van der Waals surface area contributed by atoms with Gasteiger partial charge >= 0.3 is 0 Å². The zero-order chi connectivity index (χ0) is 14.5. The SMILES string of the molecule is CC(=O)c1ccc(NC(=O)c2ccc(C#N)cn2)cc1. The number of hydrogen-bond acceptors (Lipinski definition) is 4. The predicted molar refractivity (Wildman–Crippen MR) is 73.4 cm³/mol. The van der Waals surface area contributed by atoms with E-state index in [0.717, 1.165) is 0 Å². The quantitative estimate of drug-likeness (QED) is 0.864. The molecule has 5 heteroatoms. The number of pyridine rings is 1. The van der Waals surface area contributed by atoms with Gasteiger partial charge in [-0.15, -0.1) is 0 Å². The molecule has 0 fully saturated rings. The third kappa shape index (κ3) is 3.06. The van der Waals surface area contributed by atoms with E-state index >= 15 is 0 Å². The number of amides is 1.